The minimum Gasteiger partial charge on any atom is -0.394 e. The van der Waals surface area contributed by atoms with Gasteiger partial charge in [-0.15, -0.1) is 0 Å². The summed E-state index contributed by atoms with van der Waals surface area (Å²) >= 11 is 0. The van der Waals surface area contributed by atoms with Crippen LogP contribution in [0.4, 0.5) is 5.69 Å². The van der Waals surface area contributed by atoms with E-state index in [4.69, 9.17) is 5.11 Å². The molecule has 5 heteroatoms. The largest absolute Gasteiger partial charge is 0.394 e. The van der Waals surface area contributed by atoms with Crippen molar-refractivity contribution < 1.29 is 9.90 Å². The highest BCUT2D eigenvalue weighted by atomic mass is 16.3. The molecule has 0 saturated heterocycles. The molecule has 0 aromatic carbocycles. The highest BCUT2D eigenvalue weighted by Gasteiger charge is 2.35. The number of aliphatic hydroxyl groups excluding tert-OH is 1. The van der Waals surface area contributed by atoms with E-state index >= 15 is 0 Å². The molecule has 118 valence electrons. The molecule has 0 aliphatic heterocycles. The number of carbonyl (C=O) groups is 1. The number of nitrogens with one attached hydrogen (secondary N) is 1. The summed E-state index contributed by atoms with van der Waals surface area (Å²) in [4.78, 5) is 12.6. The molecule has 0 bridgehead atoms. The highest BCUT2D eigenvalue weighted by molar-refractivity contribution is 5.92. The topological polar surface area (TPSA) is 67.2 Å². The molecule has 1 fully saturated rings. The number of anilines is 1. The Morgan fingerprint density at radius 1 is 1.52 bits per heavy atom. The van der Waals surface area contributed by atoms with Gasteiger partial charge < -0.3 is 10.4 Å². The molecule has 2 rings (SSSR count). The van der Waals surface area contributed by atoms with Crippen LogP contribution in [0.2, 0.25) is 0 Å². The van der Waals surface area contributed by atoms with Crippen molar-refractivity contribution in [2.45, 2.75) is 46.6 Å². The average molecular weight is 293 g/mol. The summed E-state index contributed by atoms with van der Waals surface area (Å²) in [7, 11) is 0. The molecule has 21 heavy (non-hydrogen) atoms. The first-order valence-corrected chi connectivity index (χ1v) is 7.95. The van der Waals surface area contributed by atoms with E-state index in [0.717, 1.165) is 12.8 Å². The van der Waals surface area contributed by atoms with Gasteiger partial charge in [0.1, 0.15) is 0 Å². The Labute approximate surface area is 126 Å². The number of amides is 1. The second kappa shape index (κ2) is 7.07. The van der Waals surface area contributed by atoms with Crippen LogP contribution in [0.1, 0.15) is 40.0 Å². The first kappa shape index (κ1) is 16.0. The van der Waals surface area contributed by atoms with Crippen LogP contribution in [0.5, 0.6) is 0 Å². The van der Waals surface area contributed by atoms with E-state index in [2.05, 4.69) is 31.2 Å². The highest BCUT2D eigenvalue weighted by Crippen LogP contribution is 2.38. The first-order chi connectivity index (χ1) is 10.0. The van der Waals surface area contributed by atoms with Gasteiger partial charge in [-0.05, 0) is 30.6 Å². The van der Waals surface area contributed by atoms with Crippen molar-refractivity contribution in [3.8, 4) is 0 Å². The van der Waals surface area contributed by atoms with E-state index in [1.807, 2.05) is 0 Å². The molecule has 1 aliphatic rings. The summed E-state index contributed by atoms with van der Waals surface area (Å²) in [5.41, 5.74) is 0.717. The number of hydrogen-bond acceptors (Lipinski definition) is 3. The second-order valence-electron chi connectivity index (χ2n) is 6.64. The van der Waals surface area contributed by atoms with Crippen LogP contribution in [-0.2, 0) is 11.3 Å². The molecule has 0 unspecified atom stereocenters. The summed E-state index contributed by atoms with van der Waals surface area (Å²) < 4.78 is 1.64. The van der Waals surface area contributed by atoms with Crippen molar-refractivity contribution in [1.29, 1.82) is 0 Å². The average Bonchev–Trinajstić information content (AvgIpc) is 2.86. The minimum atomic E-state index is 0.0463. The third-order valence-corrected chi connectivity index (χ3v) is 4.59. The number of aliphatic hydroxyl groups is 1. The monoisotopic (exact) mass is 293 g/mol. The van der Waals surface area contributed by atoms with E-state index < -0.39 is 0 Å². The van der Waals surface area contributed by atoms with E-state index in [9.17, 15) is 4.79 Å². The summed E-state index contributed by atoms with van der Waals surface area (Å²) in [5, 5.41) is 16.0. The van der Waals surface area contributed by atoms with Gasteiger partial charge in [-0.2, -0.15) is 5.10 Å². The molecule has 1 aromatic rings. The third kappa shape index (κ3) is 4.06. The Hall–Kier alpha value is -1.36. The lowest BCUT2D eigenvalue weighted by molar-refractivity contribution is -0.123. The normalized spacial score (nSPS) is 26.0. The fourth-order valence-electron chi connectivity index (χ4n) is 3.39. The number of rotatable bonds is 5. The Morgan fingerprint density at radius 3 is 2.95 bits per heavy atom. The first-order valence-electron chi connectivity index (χ1n) is 7.95. The van der Waals surface area contributed by atoms with Crippen LogP contribution in [0.3, 0.4) is 0 Å². The van der Waals surface area contributed by atoms with Crippen molar-refractivity contribution >= 4 is 11.6 Å². The Morgan fingerprint density at radius 2 is 2.29 bits per heavy atom. The predicted octanol–water partition coefficient (Wildman–Crippen LogP) is 2.52. The van der Waals surface area contributed by atoms with Gasteiger partial charge in [0.2, 0.25) is 5.91 Å². The lowest BCUT2D eigenvalue weighted by atomic mass is 9.70. The van der Waals surface area contributed by atoms with Crippen LogP contribution in [0.25, 0.3) is 0 Å². The predicted molar refractivity (Wildman–Crippen MR) is 82.8 cm³/mol. The summed E-state index contributed by atoms with van der Waals surface area (Å²) in [5.74, 6) is 1.82. The molecule has 1 saturated carbocycles. The van der Waals surface area contributed by atoms with Crippen LogP contribution in [0, 0.1) is 23.7 Å². The Bertz CT molecular complexity index is 470. The Kier molecular flexibility index (Phi) is 5.39. The molecular formula is C16H27N3O2. The zero-order valence-electron chi connectivity index (χ0n) is 13.2. The molecule has 1 heterocycles. The number of hydrogen-bond donors (Lipinski definition) is 2. The van der Waals surface area contributed by atoms with Crippen molar-refractivity contribution in [2.24, 2.45) is 23.7 Å². The van der Waals surface area contributed by atoms with Crippen LogP contribution >= 0.6 is 0 Å². The maximum absolute atomic E-state index is 12.6. The van der Waals surface area contributed by atoms with Crippen molar-refractivity contribution in [3.05, 3.63) is 12.4 Å². The maximum Gasteiger partial charge on any atom is 0.227 e. The summed E-state index contributed by atoms with van der Waals surface area (Å²) in [6, 6.07) is 0. The van der Waals surface area contributed by atoms with E-state index in [1.165, 1.54) is 6.42 Å². The van der Waals surface area contributed by atoms with Gasteiger partial charge >= 0.3 is 0 Å². The molecule has 0 radical (unpaired) electrons. The van der Waals surface area contributed by atoms with Gasteiger partial charge in [-0.25, -0.2) is 0 Å². The van der Waals surface area contributed by atoms with Gasteiger partial charge in [-0.1, -0.05) is 27.2 Å². The van der Waals surface area contributed by atoms with Crippen molar-refractivity contribution in [1.82, 2.24) is 9.78 Å². The molecular weight excluding hydrogens is 266 g/mol. The van der Waals surface area contributed by atoms with Crippen LogP contribution in [0.15, 0.2) is 12.4 Å². The molecule has 2 N–H and O–H groups in total. The third-order valence-electron chi connectivity index (χ3n) is 4.59. The number of carbonyl (C=O) groups excluding carboxylic acids is 1. The summed E-state index contributed by atoms with van der Waals surface area (Å²) in [6.45, 7) is 7.14. The van der Waals surface area contributed by atoms with Crippen molar-refractivity contribution in [3.63, 3.8) is 0 Å². The summed E-state index contributed by atoms with van der Waals surface area (Å²) in [6.07, 6.45) is 6.75. The van der Waals surface area contributed by atoms with Gasteiger partial charge in [-0.3, -0.25) is 9.48 Å². The SMILES string of the molecule is CC(C)[C@@H]1CC[C@@H](C)C[C@H]1C(=O)Nc1cnn(CCO)c1. The molecule has 1 aromatic heterocycles. The molecule has 3 atom stereocenters. The number of aromatic nitrogens is 2. The quantitative estimate of drug-likeness (QED) is 0.876. The van der Waals surface area contributed by atoms with Gasteiger partial charge in [0, 0.05) is 12.1 Å². The standard InChI is InChI=1S/C16H27N3O2/c1-11(2)14-5-4-12(3)8-15(14)16(21)18-13-9-17-19(10-13)6-7-20/h9-12,14-15,20H,4-8H2,1-3H3,(H,18,21)/t12-,14+,15-/m1/s1. The smallest absolute Gasteiger partial charge is 0.227 e. The fraction of sp³-hybridized carbons (Fsp3) is 0.750. The zero-order valence-corrected chi connectivity index (χ0v) is 13.2. The van der Waals surface area contributed by atoms with Gasteiger partial charge in [0.15, 0.2) is 0 Å². The molecule has 0 spiro atoms. The Balaban J connectivity index is 2.02. The van der Waals surface area contributed by atoms with E-state index in [-0.39, 0.29) is 18.4 Å². The lowest BCUT2D eigenvalue weighted by Gasteiger charge is -2.36. The van der Waals surface area contributed by atoms with E-state index in [0.29, 0.717) is 30.0 Å². The van der Waals surface area contributed by atoms with Gasteiger partial charge in [0.25, 0.3) is 0 Å². The number of nitrogens with zero attached hydrogens (tertiary/aromatic N) is 2. The van der Waals surface area contributed by atoms with Crippen molar-refractivity contribution in [2.75, 3.05) is 11.9 Å². The maximum atomic E-state index is 12.6. The molecule has 1 amide bonds. The van der Waals surface area contributed by atoms with Gasteiger partial charge in [0.05, 0.1) is 25.0 Å². The van der Waals surface area contributed by atoms with E-state index in [1.54, 1.807) is 17.1 Å². The molecule has 1 aliphatic carbocycles. The fourth-order valence-corrected chi connectivity index (χ4v) is 3.39. The van der Waals surface area contributed by atoms with Crippen LogP contribution < -0.4 is 5.32 Å². The lowest BCUT2D eigenvalue weighted by Crippen LogP contribution is -2.36. The minimum absolute atomic E-state index is 0.0463. The second-order valence-corrected chi connectivity index (χ2v) is 6.64. The molecule has 5 nitrogen and oxygen atoms in total. The zero-order chi connectivity index (χ0) is 15.4. The van der Waals surface area contributed by atoms with Crippen LogP contribution in [-0.4, -0.2) is 27.4 Å².